The maximum absolute atomic E-state index is 9.88. The van der Waals surface area contributed by atoms with Crippen LogP contribution < -0.4 is 5.32 Å². The van der Waals surface area contributed by atoms with E-state index in [1.807, 2.05) is 0 Å². The average Bonchev–Trinajstić information content (AvgIpc) is 2.44. The summed E-state index contributed by atoms with van der Waals surface area (Å²) in [7, 11) is 0. The summed E-state index contributed by atoms with van der Waals surface area (Å²) in [5, 5.41) is 13.2. The van der Waals surface area contributed by atoms with Gasteiger partial charge in [0.05, 0.1) is 6.10 Å². The van der Waals surface area contributed by atoms with E-state index >= 15 is 0 Å². The highest BCUT2D eigenvalue weighted by Gasteiger charge is 2.16. The van der Waals surface area contributed by atoms with E-state index in [0.29, 0.717) is 0 Å². The third kappa shape index (κ3) is 5.83. The zero-order valence-corrected chi connectivity index (χ0v) is 10.9. The van der Waals surface area contributed by atoms with Crippen molar-refractivity contribution in [1.82, 2.24) is 10.2 Å². The molecule has 1 aliphatic heterocycles. The minimum atomic E-state index is -0.208. The van der Waals surface area contributed by atoms with Crippen molar-refractivity contribution in [2.24, 2.45) is 5.92 Å². The number of nitrogens with zero attached hydrogens (tertiary/aromatic N) is 1. The van der Waals surface area contributed by atoms with E-state index in [2.05, 4.69) is 24.1 Å². The van der Waals surface area contributed by atoms with Crippen molar-refractivity contribution in [2.75, 3.05) is 32.7 Å². The van der Waals surface area contributed by atoms with Gasteiger partial charge in [-0.15, -0.1) is 0 Å². The third-order valence-corrected chi connectivity index (χ3v) is 3.39. The van der Waals surface area contributed by atoms with Crippen LogP contribution in [0, 0.1) is 5.92 Å². The molecule has 16 heavy (non-hydrogen) atoms. The van der Waals surface area contributed by atoms with E-state index in [9.17, 15) is 5.11 Å². The Balaban J connectivity index is 2.14. The summed E-state index contributed by atoms with van der Waals surface area (Å²) >= 11 is 0. The summed E-state index contributed by atoms with van der Waals surface area (Å²) in [5.74, 6) is 0.861. The molecule has 2 N–H and O–H groups in total. The average molecular weight is 228 g/mol. The molecular formula is C13H28N2O. The molecule has 3 heteroatoms. The van der Waals surface area contributed by atoms with Gasteiger partial charge in [-0.05, 0) is 51.2 Å². The molecule has 1 heterocycles. The standard InChI is InChI=1S/C13H28N2O/c1-3-7-14-10-13(16)11-15-8-4-5-12(2)6-9-15/h12-14,16H,3-11H2,1-2H3. The molecule has 0 aromatic heterocycles. The number of aliphatic hydroxyl groups is 1. The van der Waals surface area contributed by atoms with Gasteiger partial charge < -0.3 is 15.3 Å². The number of hydrogen-bond acceptors (Lipinski definition) is 3. The van der Waals surface area contributed by atoms with Gasteiger partial charge in [0, 0.05) is 13.1 Å². The molecule has 3 nitrogen and oxygen atoms in total. The van der Waals surface area contributed by atoms with Crippen molar-refractivity contribution < 1.29 is 5.11 Å². The molecule has 0 aromatic carbocycles. The van der Waals surface area contributed by atoms with Crippen LogP contribution in [0.25, 0.3) is 0 Å². The first-order valence-electron chi connectivity index (χ1n) is 6.83. The van der Waals surface area contributed by atoms with Gasteiger partial charge in [-0.3, -0.25) is 0 Å². The van der Waals surface area contributed by atoms with E-state index in [4.69, 9.17) is 0 Å². The Labute approximate surface area is 100 Å². The van der Waals surface area contributed by atoms with Crippen molar-refractivity contribution in [1.29, 1.82) is 0 Å². The normalized spacial score (nSPS) is 25.3. The molecule has 0 amide bonds. The minimum Gasteiger partial charge on any atom is -0.390 e. The molecule has 1 rings (SSSR count). The van der Waals surface area contributed by atoms with Crippen LogP contribution in [-0.2, 0) is 0 Å². The van der Waals surface area contributed by atoms with Crippen molar-refractivity contribution >= 4 is 0 Å². The Morgan fingerprint density at radius 1 is 1.38 bits per heavy atom. The van der Waals surface area contributed by atoms with E-state index in [0.717, 1.165) is 45.1 Å². The highest BCUT2D eigenvalue weighted by Crippen LogP contribution is 2.16. The SMILES string of the molecule is CCCNCC(O)CN1CCCC(C)CC1. The van der Waals surface area contributed by atoms with E-state index in [1.54, 1.807) is 0 Å². The largest absolute Gasteiger partial charge is 0.390 e. The fourth-order valence-electron chi connectivity index (χ4n) is 2.31. The van der Waals surface area contributed by atoms with Crippen LogP contribution in [0.3, 0.4) is 0 Å². The second-order valence-corrected chi connectivity index (χ2v) is 5.19. The Morgan fingerprint density at radius 2 is 2.19 bits per heavy atom. The van der Waals surface area contributed by atoms with Crippen molar-refractivity contribution in [3.05, 3.63) is 0 Å². The lowest BCUT2D eigenvalue weighted by molar-refractivity contribution is 0.113. The fourth-order valence-corrected chi connectivity index (χ4v) is 2.31. The van der Waals surface area contributed by atoms with Gasteiger partial charge in [0.25, 0.3) is 0 Å². The number of nitrogens with one attached hydrogen (secondary N) is 1. The maximum Gasteiger partial charge on any atom is 0.0791 e. The molecule has 1 aliphatic rings. The van der Waals surface area contributed by atoms with Gasteiger partial charge in [-0.25, -0.2) is 0 Å². The quantitative estimate of drug-likeness (QED) is 0.676. The molecule has 0 bridgehead atoms. The number of likely N-dealkylation sites (tertiary alicyclic amines) is 1. The first-order valence-corrected chi connectivity index (χ1v) is 6.83. The molecule has 0 spiro atoms. The van der Waals surface area contributed by atoms with E-state index in [-0.39, 0.29) is 6.10 Å². The highest BCUT2D eigenvalue weighted by atomic mass is 16.3. The first-order chi connectivity index (χ1) is 7.72. The number of β-amino-alcohol motifs (C(OH)–C–C–N with tert-alkyl or cyclic N) is 1. The van der Waals surface area contributed by atoms with Crippen LogP contribution in [0.15, 0.2) is 0 Å². The molecule has 0 aromatic rings. The van der Waals surface area contributed by atoms with E-state index < -0.39 is 0 Å². The Kier molecular flexibility index (Phi) is 7.01. The molecular weight excluding hydrogens is 200 g/mol. The summed E-state index contributed by atoms with van der Waals surface area (Å²) in [6.45, 7) is 9.39. The summed E-state index contributed by atoms with van der Waals surface area (Å²) in [6.07, 6.45) is 4.85. The summed E-state index contributed by atoms with van der Waals surface area (Å²) in [4.78, 5) is 2.42. The van der Waals surface area contributed by atoms with Gasteiger partial charge >= 0.3 is 0 Å². The van der Waals surface area contributed by atoms with Crippen molar-refractivity contribution in [2.45, 2.75) is 45.6 Å². The van der Waals surface area contributed by atoms with Crippen LogP contribution >= 0.6 is 0 Å². The molecule has 0 radical (unpaired) electrons. The van der Waals surface area contributed by atoms with Gasteiger partial charge in [-0.2, -0.15) is 0 Å². The Hall–Kier alpha value is -0.120. The second kappa shape index (κ2) is 8.04. The fraction of sp³-hybridized carbons (Fsp3) is 1.00. The first kappa shape index (κ1) is 13.9. The van der Waals surface area contributed by atoms with Gasteiger partial charge in [0.15, 0.2) is 0 Å². The topological polar surface area (TPSA) is 35.5 Å². The van der Waals surface area contributed by atoms with Crippen LogP contribution in [0.2, 0.25) is 0 Å². The van der Waals surface area contributed by atoms with Gasteiger partial charge in [0.2, 0.25) is 0 Å². The predicted molar refractivity (Wildman–Crippen MR) is 68.6 cm³/mol. The molecule has 2 unspecified atom stereocenters. The molecule has 2 atom stereocenters. The molecule has 96 valence electrons. The Bertz CT molecular complexity index is 175. The third-order valence-electron chi connectivity index (χ3n) is 3.39. The predicted octanol–water partition coefficient (Wildman–Crippen LogP) is 1.47. The number of aliphatic hydroxyl groups excluding tert-OH is 1. The summed E-state index contributed by atoms with van der Waals surface area (Å²) < 4.78 is 0. The van der Waals surface area contributed by atoms with Crippen molar-refractivity contribution in [3.63, 3.8) is 0 Å². The minimum absolute atomic E-state index is 0.208. The van der Waals surface area contributed by atoms with Crippen LogP contribution in [0.4, 0.5) is 0 Å². The second-order valence-electron chi connectivity index (χ2n) is 5.19. The monoisotopic (exact) mass is 228 g/mol. The smallest absolute Gasteiger partial charge is 0.0791 e. The lowest BCUT2D eigenvalue weighted by atomic mass is 10.0. The number of hydrogen-bond donors (Lipinski definition) is 2. The van der Waals surface area contributed by atoms with Crippen LogP contribution in [0.5, 0.6) is 0 Å². The van der Waals surface area contributed by atoms with Crippen molar-refractivity contribution in [3.8, 4) is 0 Å². The summed E-state index contributed by atoms with van der Waals surface area (Å²) in [6, 6.07) is 0. The van der Waals surface area contributed by atoms with Crippen LogP contribution in [-0.4, -0.2) is 48.8 Å². The van der Waals surface area contributed by atoms with Gasteiger partial charge in [0.1, 0.15) is 0 Å². The molecule has 1 fully saturated rings. The number of rotatable bonds is 6. The zero-order valence-electron chi connectivity index (χ0n) is 10.9. The summed E-state index contributed by atoms with van der Waals surface area (Å²) in [5.41, 5.74) is 0. The highest BCUT2D eigenvalue weighted by molar-refractivity contribution is 4.71. The van der Waals surface area contributed by atoms with Gasteiger partial charge in [-0.1, -0.05) is 13.8 Å². The maximum atomic E-state index is 9.88. The lowest BCUT2D eigenvalue weighted by Crippen LogP contribution is -2.39. The Morgan fingerprint density at radius 3 is 2.94 bits per heavy atom. The van der Waals surface area contributed by atoms with Crippen LogP contribution in [0.1, 0.15) is 39.5 Å². The zero-order chi connectivity index (χ0) is 11.8. The molecule has 0 saturated carbocycles. The molecule has 0 aliphatic carbocycles. The molecule has 1 saturated heterocycles. The lowest BCUT2D eigenvalue weighted by Gasteiger charge is -2.23. The van der Waals surface area contributed by atoms with E-state index in [1.165, 1.54) is 19.3 Å².